The van der Waals surface area contributed by atoms with Crippen LogP contribution in [0.5, 0.6) is 0 Å². The molecule has 0 fully saturated rings. The van der Waals surface area contributed by atoms with Crippen LogP contribution in [-0.4, -0.2) is 6.43 Å². The zero-order valence-corrected chi connectivity index (χ0v) is 12.6. The van der Waals surface area contributed by atoms with Gasteiger partial charge in [-0.2, -0.15) is 0 Å². The van der Waals surface area contributed by atoms with Crippen molar-refractivity contribution in [2.24, 2.45) is 11.3 Å². The van der Waals surface area contributed by atoms with Gasteiger partial charge in [-0.25, -0.2) is 8.78 Å². The molecule has 0 bridgehead atoms. The number of rotatable bonds is 8. The van der Waals surface area contributed by atoms with Crippen LogP contribution in [0.2, 0.25) is 0 Å². The first-order valence-electron chi connectivity index (χ1n) is 7.59. The summed E-state index contributed by atoms with van der Waals surface area (Å²) in [5.74, 6) is 0.432. The van der Waals surface area contributed by atoms with Crippen molar-refractivity contribution in [3.63, 3.8) is 0 Å². The summed E-state index contributed by atoms with van der Waals surface area (Å²) >= 11 is 0. The molecule has 0 heterocycles. The molecule has 0 radical (unpaired) electrons. The molecule has 0 saturated heterocycles. The van der Waals surface area contributed by atoms with Crippen molar-refractivity contribution < 1.29 is 8.78 Å². The van der Waals surface area contributed by atoms with E-state index in [0.717, 1.165) is 19.3 Å². The van der Waals surface area contributed by atoms with E-state index in [1.807, 2.05) is 6.92 Å². The predicted molar refractivity (Wildman–Crippen MR) is 78.5 cm³/mol. The molecule has 0 aromatic rings. The first-order chi connectivity index (χ1) is 9.01. The molecule has 110 valence electrons. The minimum absolute atomic E-state index is 0.0564. The molecule has 0 saturated carbocycles. The van der Waals surface area contributed by atoms with Gasteiger partial charge in [-0.05, 0) is 57.3 Å². The number of hydrogen-bond donors (Lipinski definition) is 0. The maximum atomic E-state index is 12.4. The third kappa shape index (κ3) is 5.46. The van der Waals surface area contributed by atoms with Crippen molar-refractivity contribution in [3.05, 3.63) is 23.8 Å². The maximum absolute atomic E-state index is 12.4. The van der Waals surface area contributed by atoms with E-state index >= 15 is 0 Å². The van der Waals surface area contributed by atoms with Crippen molar-refractivity contribution >= 4 is 0 Å². The molecule has 2 atom stereocenters. The second-order valence-electron chi connectivity index (χ2n) is 6.07. The quantitative estimate of drug-likeness (QED) is 0.465. The van der Waals surface area contributed by atoms with Gasteiger partial charge in [-0.3, -0.25) is 0 Å². The average molecular weight is 270 g/mol. The van der Waals surface area contributed by atoms with Crippen LogP contribution in [-0.2, 0) is 0 Å². The highest BCUT2D eigenvalue weighted by molar-refractivity contribution is 5.17. The molecule has 0 aliphatic heterocycles. The van der Waals surface area contributed by atoms with Gasteiger partial charge < -0.3 is 0 Å². The Morgan fingerprint density at radius 3 is 2.58 bits per heavy atom. The van der Waals surface area contributed by atoms with Crippen LogP contribution in [0.3, 0.4) is 0 Å². The topological polar surface area (TPSA) is 0 Å². The molecule has 0 aromatic carbocycles. The third-order valence-electron chi connectivity index (χ3n) is 4.40. The highest BCUT2D eigenvalue weighted by Crippen LogP contribution is 2.45. The van der Waals surface area contributed by atoms with Crippen LogP contribution in [0.25, 0.3) is 0 Å². The molecule has 0 spiro atoms. The lowest BCUT2D eigenvalue weighted by Crippen LogP contribution is -2.20. The van der Waals surface area contributed by atoms with E-state index < -0.39 is 6.43 Å². The van der Waals surface area contributed by atoms with Crippen molar-refractivity contribution in [2.75, 3.05) is 0 Å². The van der Waals surface area contributed by atoms with E-state index in [-0.39, 0.29) is 11.8 Å². The van der Waals surface area contributed by atoms with Crippen LogP contribution in [0, 0.1) is 11.3 Å². The first-order valence-corrected chi connectivity index (χ1v) is 7.59. The van der Waals surface area contributed by atoms with Gasteiger partial charge in [0.1, 0.15) is 0 Å². The fraction of sp³-hybridized carbons (Fsp3) is 0.765. The van der Waals surface area contributed by atoms with Gasteiger partial charge in [0.2, 0.25) is 6.43 Å². The summed E-state index contributed by atoms with van der Waals surface area (Å²) in [5, 5.41) is 0. The third-order valence-corrected chi connectivity index (χ3v) is 4.40. The van der Waals surface area contributed by atoms with Gasteiger partial charge in [-0.1, -0.05) is 37.1 Å². The van der Waals surface area contributed by atoms with Crippen LogP contribution >= 0.6 is 0 Å². The smallest absolute Gasteiger partial charge is 0.211 e. The average Bonchev–Trinajstić information content (AvgIpc) is 2.74. The Hall–Kier alpha value is -0.660. The summed E-state index contributed by atoms with van der Waals surface area (Å²) in [4.78, 5) is 0. The molecule has 0 nitrogen and oxygen atoms in total. The molecule has 1 rings (SSSR count). The molecule has 1 aliphatic rings. The summed E-state index contributed by atoms with van der Waals surface area (Å²) in [6.07, 6.45) is 10.8. The van der Waals surface area contributed by atoms with Crippen LogP contribution in [0.15, 0.2) is 23.8 Å². The minimum atomic E-state index is -2.15. The Morgan fingerprint density at radius 1 is 1.37 bits per heavy atom. The van der Waals surface area contributed by atoms with Crippen LogP contribution in [0.1, 0.15) is 65.7 Å². The summed E-state index contributed by atoms with van der Waals surface area (Å²) in [7, 11) is 0. The van der Waals surface area contributed by atoms with Gasteiger partial charge in [0.25, 0.3) is 0 Å². The van der Waals surface area contributed by atoms with Gasteiger partial charge in [0, 0.05) is 6.42 Å². The Kier molecular flexibility index (Phi) is 6.74. The van der Waals surface area contributed by atoms with Crippen molar-refractivity contribution in [1.29, 1.82) is 0 Å². The standard InChI is InChI=1S/C17H28F2/c1-4-6-10-17(11-9-14(3)12-17)13-15(5-2)7-8-16(18)19/h4,6,12,15-16H,5,7-11,13H2,1-3H3/b6-4-/t15-,17-/m1/s1. The molecule has 0 aromatic heterocycles. The zero-order chi connectivity index (χ0) is 14.3. The largest absolute Gasteiger partial charge is 0.238 e. The first kappa shape index (κ1) is 16.4. The molecule has 1 aliphatic carbocycles. The minimum Gasteiger partial charge on any atom is -0.211 e. The fourth-order valence-corrected chi connectivity index (χ4v) is 3.26. The number of allylic oxidation sites excluding steroid dienone is 4. The van der Waals surface area contributed by atoms with E-state index in [9.17, 15) is 8.78 Å². The van der Waals surface area contributed by atoms with Crippen molar-refractivity contribution in [2.45, 2.75) is 72.1 Å². The van der Waals surface area contributed by atoms with Gasteiger partial charge in [0.05, 0.1) is 0 Å². The Balaban J connectivity index is 2.65. The molecule has 0 amide bonds. The summed E-state index contributed by atoms with van der Waals surface area (Å²) in [5.41, 5.74) is 1.70. The van der Waals surface area contributed by atoms with E-state index in [4.69, 9.17) is 0 Å². The molecular formula is C17H28F2. The second kappa shape index (κ2) is 7.81. The Bertz CT molecular complexity index is 317. The normalized spacial score (nSPS) is 25.3. The number of halogens is 2. The van der Waals surface area contributed by atoms with Gasteiger partial charge >= 0.3 is 0 Å². The molecule has 2 heteroatoms. The van der Waals surface area contributed by atoms with Crippen molar-refractivity contribution in [3.8, 4) is 0 Å². The highest BCUT2D eigenvalue weighted by atomic mass is 19.3. The lowest BCUT2D eigenvalue weighted by Gasteiger charge is -2.31. The molecule has 19 heavy (non-hydrogen) atoms. The summed E-state index contributed by atoms with van der Waals surface area (Å²) < 4.78 is 24.8. The van der Waals surface area contributed by atoms with E-state index in [1.54, 1.807) is 0 Å². The lowest BCUT2D eigenvalue weighted by molar-refractivity contribution is 0.121. The monoisotopic (exact) mass is 270 g/mol. The molecule has 0 unspecified atom stereocenters. The van der Waals surface area contributed by atoms with E-state index in [1.165, 1.54) is 18.4 Å². The Morgan fingerprint density at radius 2 is 2.11 bits per heavy atom. The Labute approximate surface area is 117 Å². The summed E-state index contributed by atoms with van der Waals surface area (Å²) in [6.45, 7) is 6.37. The molecular weight excluding hydrogens is 242 g/mol. The van der Waals surface area contributed by atoms with Gasteiger partial charge in [-0.15, -0.1) is 0 Å². The van der Waals surface area contributed by atoms with E-state index in [2.05, 4.69) is 32.1 Å². The predicted octanol–water partition coefficient (Wildman–Crippen LogP) is 6.14. The highest BCUT2D eigenvalue weighted by Gasteiger charge is 2.32. The zero-order valence-electron chi connectivity index (χ0n) is 12.6. The maximum Gasteiger partial charge on any atom is 0.238 e. The van der Waals surface area contributed by atoms with Crippen LogP contribution in [0.4, 0.5) is 8.78 Å². The number of alkyl halides is 2. The van der Waals surface area contributed by atoms with Gasteiger partial charge in [0.15, 0.2) is 0 Å². The fourth-order valence-electron chi connectivity index (χ4n) is 3.26. The van der Waals surface area contributed by atoms with Crippen molar-refractivity contribution in [1.82, 2.24) is 0 Å². The van der Waals surface area contributed by atoms with Crippen LogP contribution < -0.4 is 0 Å². The number of hydrogen-bond acceptors (Lipinski definition) is 0. The van der Waals surface area contributed by atoms with E-state index in [0.29, 0.717) is 12.3 Å². The lowest BCUT2D eigenvalue weighted by atomic mass is 9.74. The summed E-state index contributed by atoms with van der Waals surface area (Å²) in [6, 6.07) is 0. The second-order valence-corrected chi connectivity index (χ2v) is 6.07. The molecule has 0 N–H and O–H groups in total. The SMILES string of the molecule is C/C=C\C[C@]1(C[C@H](CC)CCC(F)F)C=C(C)CC1.